The molecule has 0 aromatic heterocycles. The van der Waals surface area contributed by atoms with E-state index in [1.165, 1.54) is 121 Å². The molecule has 430 valence electrons. The van der Waals surface area contributed by atoms with Crippen LogP contribution in [-0.2, 0) is 10.8 Å². The summed E-state index contributed by atoms with van der Waals surface area (Å²) < 4.78 is 0. The topological polar surface area (TPSA) is 6.48 Å². The van der Waals surface area contributed by atoms with E-state index in [0.717, 1.165) is 34.1 Å². The minimum Gasteiger partial charge on any atom is -0.311 e. The van der Waals surface area contributed by atoms with Crippen molar-refractivity contribution in [1.82, 2.24) is 0 Å². The molecule has 0 saturated carbocycles. The molecule has 2 nitrogen and oxygen atoms in total. The highest BCUT2D eigenvalue weighted by atomic mass is 15.1. The molecule has 0 unspecified atom stereocenters. The monoisotopic (exact) mass is 1170 g/mol. The van der Waals surface area contributed by atoms with Crippen molar-refractivity contribution >= 4 is 66.4 Å². The van der Waals surface area contributed by atoms with Crippen molar-refractivity contribution in [2.45, 2.75) is 10.8 Å². The predicted octanol–water partition coefficient (Wildman–Crippen LogP) is 23.6. The highest BCUT2D eigenvalue weighted by Crippen LogP contribution is 2.58. The molecule has 16 aromatic carbocycles. The first-order chi connectivity index (χ1) is 45.6. The van der Waals surface area contributed by atoms with Crippen molar-refractivity contribution in [2.24, 2.45) is 0 Å². The van der Waals surface area contributed by atoms with E-state index < -0.39 is 10.8 Å². The van der Waals surface area contributed by atoms with Gasteiger partial charge in [0.15, 0.2) is 0 Å². The fourth-order valence-electron chi connectivity index (χ4n) is 16.1. The van der Waals surface area contributed by atoms with E-state index in [4.69, 9.17) is 0 Å². The summed E-state index contributed by atoms with van der Waals surface area (Å²) in [6.45, 7) is 0. The summed E-state index contributed by atoms with van der Waals surface area (Å²) in [5, 5.41) is 7.57. The zero-order chi connectivity index (χ0) is 60.7. The van der Waals surface area contributed by atoms with Gasteiger partial charge in [0, 0.05) is 34.1 Å². The zero-order valence-corrected chi connectivity index (χ0v) is 50.5. The van der Waals surface area contributed by atoms with Crippen LogP contribution in [-0.4, -0.2) is 0 Å². The van der Waals surface area contributed by atoms with E-state index in [9.17, 15) is 0 Å². The Balaban J connectivity index is 0.682. The van der Waals surface area contributed by atoms with Gasteiger partial charge in [-0.1, -0.05) is 291 Å². The lowest BCUT2D eigenvalue weighted by atomic mass is 9.68. The molecule has 16 aromatic rings. The smallest absolute Gasteiger partial charge is 0.0713 e. The standard InChI is InChI=1S/C90H60N2/c1-5-21-65(22-6-1)89(83-33-17-13-29-77(83)78-30-14-18-34-84(78)89)67-45-53-73(54-46-67)91(69-25-9-3-10-26-69)71-49-37-61(38-50-71)75-57-41-63-44-60-82-76(58-42-64-43-59-81(75)87(63)88(64)82)62-39-51-72(52-40-62)92(70-27-11-4-12-28-70)74-55-47-68(48-56-74)90(66-23-7-2-8-24-66)85-35-19-15-31-79(85)80-32-16-20-36-86(80)90/h1-60H. The third-order valence-electron chi connectivity index (χ3n) is 20.0. The fourth-order valence-corrected chi connectivity index (χ4v) is 16.1. The van der Waals surface area contributed by atoms with Gasteiger partial charge in [-0.3, -0.25) is 0 Å². The minimum atomic E-state index is -0.464. The molecule has 0 heterocycles. The third kappa shape index (κ3) is 8.07. The summed E-state index contributed by atoms with van der Waals surface area (Å²) in [6.07, 6.45) is 0. The molecular weight excluding hydrogens is 1110 g/mol. The van der Waals surface area contributed by atoms with Crippen LogP contribution in [0.3, 0.4) is 0 Å². The largest absolute Gasteiger partial charge is 0.311 e. The number of rotatable bonds is 12. The van der Waals surface area contributed by atoms with Crippen molar-refractivity contribution in [3.8, 4) is 44.5 Å². The second kappa shape index (κ2) is 21.4. The van der Waals surface area contributed by atoms with Gasteiger partial charge in [0.25, 0.3) is 0 Å². The first-order valence-electron chi connectivity index (χ1n) is 32.0. The molecule has 0 aliphatic heterocycles. The molecule has 18 rings (SSSR count). The molecule has 0 amide bonds. The van der Waals surface area contributed by atoms with Crippen LogP contribution in [0.5, 0.6) is 0 Å². The van der Waals surface area contributed by atoms with Crippen molar-refractivity contribution < 1.29 is 0 Å². The van der Waals surface area contributed by atoms with Crippen LogP contribution >= 0.6 is 0 Å². The van der Waals surface area contributed by atoms with Crippen LogP contribution in [0, 0.1) is 0 Å². The van der Waals surface area contributed by atoms with E-state index in [2.05, 4.69) is 374 Å². The molecule has 0 atom stereocenters. The third-order valence-corrected chi connectivity index (χ3v) is 20.0. The number of benzene rings is 16. The van der Waals surface area contributed by atoms with E-state index in [0.29, 0.717) is 0 Å². The highest BCUT2D eigenvalue weighted by Gasteiger charge is 2.47. The maximum Gasteiger partial charge on any atom is 0.0713 e. The van der Waals surface area contributed by atoms with Gasteiger partial charge in [-0.2, -0.15) is 0 Å². The second-order valence-corrected chi connectivity index (χ2v) is 24.6. The average molecular weight is 1170 g/mol. The predicted molar refractivity (Wildman–Crippen MR) is 385 cm³/mol. The number of hydrogen-bond donors (Lipinski definition) is 0. The van der Waals surface area contributed by atoms with Gasteiger partial charge in [-0.15, -0.1) is 0 Å². The first-order valence-corrected chi connectivity index (χ1v) is 32.0. The number of anilines is 6. The minimum absolute atomic E-state index is 0.464. The molecule has 0 spiro atoms. The Bertz CT molecular complexity index is 4980. The number of nitrogens with zero attached hydrogens (tertiary/aromatic N) is 2. The van der Waals surface area contributed by atoms with E-state index in [1.54, 1.807) is 0 Å². The Hall–Kier alpha value is -11.8. The number of fused-ring (bicyclic) bond motifs is 6. The Morgan fingerprint density at radius 1 is 0.174 bits per heavy atom. The van der Waals surface area contributed by atoms with Crippen LogP contribution in [0.25, 0.3) is 76.8 Å². The lowest BCUT2D eigenvalue weighted by Gasteiger charge is -2.34. The van der Waals surface area contributed by atoms with Gasteiger partial charge in [0.1, 0.15) is 0 Å². The molecule has 0 N–H and O–H groups in total. The van der Waals surface area contributed by atoms with Crippen LogP contribution in [0.1, 0.15) is 44.5 Å². The van der Waals surface area contributed by atoms with Gasteiger partial charge in [0.05, 0.1) is 10.8 Å². The van der Waals surface area contributed by atoms with Crippen LogP contribution in [0.15, 0.2) is 364 Å². The average Bonchev–Trinajstić information content (AvgIpc) is 1.49. The van der Waals surface area contributed by atoms with Crippen LogP contribution in [0.4, 0.5) is 34.1 Å². The molecule has 0 saturated heterocycles. The molecule has 2 heteroatoms. The second-order valence-electron chi connectivity index (χ2n) is 24.6. The van der Waals surface area contributed by atoms with E-state index in [-0.39, 0.29) is 0 Å². The lowest BCUT2D eigenvalue weighted by molar-refractivity contribution is 0.768. The molecule has 2 aliphatic rings. The van der Waals surface area contributed by atoms with Gasteiger partial charge in [-0.05, 0) is 194 Å². The molecule has 2 aliphatic carbocycles. The summed E-state index contributed by atoms with van der Waals surface area (Å²) >= 11 is 0. The van der Waals surface area contributed by atoms with E-state index in [1.807, 2.05) is 0 Å². The van der Waals surface area contributed by atoms with Crippen molar-refractivity contribution in [3.63, 3.8) is 0 Å². The summed E-state index contributed by atoms with van der Waals surface area (Å²) in [5.74, 6) is 0. The van der Waals surface area contributed by atoms with Crippen LogP contribution in [0.2, 0.25) is 0 Å². The fraction of sp³-hybridized carbons (Fsp3) is 0.0222. The molecule has 0 radical (unpaired) electrons. The Labute approximate surface area is 536 Å². The Kier molecular flexibility index (Phi) is 12.4. The van der Waals surface area contributed by atoms with Crippen molar-refractivity contribution in [1.29, 1.82) is 0 Å². The highest BCUT2D eigenvalue weighted by molar-refractivity contribution is 6.27. The summed E-state index contributed by atoms with van der Waals surface area (Å²) in [4.78, 5) is 4.76. The maximum absolute atomic E-state index is 2.38. The Morgan fingerprint density at radius 2 is 0.424 bits per heavy atom. The molecule has 0 bridgehead atoms. The summed E-state index contributed by atoms with van der Waals surface area (Å²) in [7, 11) is 0. The maximum atomic E-state index is 2.38. The summed E-state index contributed by atoms with van der Waals surface area (Å²) in [6, 6.07) is 135. The van der Waals surface area contributed by atoms with Crippen molar-refractivity contribution in [2.75, 3.05) is 9.80 Å². The van der Waals surface area contributed by atoms with Gasteiger partial charge >= 0.3 is 0 Å². The lowest BCUT2D eigenvalue weighted by Crippen LogP contribution is -2.28. The van der Waals surface area contributed by atoms with Gasteiger partial charge in [0.2, 0.25) is 0 Å². The molecular formula is C90H60N2. The van der Waals surface area contributed by atoms with Crippen molar-refractivity contribution in [3.05, 3.63) is 408 Å². The normalized spacial score (nSPS) is 13.2. The van der Waals surface area contributed by atoms with E-state index >= 15 is 0 Å². The number of para-hydroxylation sites is 2. The van der Waals surface area contributed by atoms with Gasteiger partial charge < -0.3 is 9.80 Å². The zero-order valence-electron chi connectivity index (χ0n) is 50.5. The Morgan fingerprint density at radius 3 is 0.750 bits per heavy atom. The van der Waals surface area contributed by atoms with Gasteiger partial charge in [-0.25, -0.2) is 0 Å². The quantitative estimate of drug-likeness (QED) is 0.113. The molecule has 0 fully saturated rings. The molecule has 92 heavy (non-hydrogen) atoms. The first kappa shape index (κ1) is 53.2. The summed E-state index contributed by atoms with van der Waals surface area (Å²) in [5.41, 5.74) is 25.9. The van der Waals surface area contributed by atoms with Crippen LogP contribution < -0.4 is 9.80 Å². The number of hydrogen-bond acceptors (Lipinski definition) is 2. The SMILES string of the molecule is c1ccc(N(c2ccc(-c3ccc4ccc5c(-c6ccc(N(c7ccccc7)c7ccc(C8(c9ccccc9)c9ccccc9-c9ccccc98)cc7)cc6)ccc6ccc3c4c65)cc2)c2ccc(C3(c4ccccc4)c4ccccc4-c4ccccc43)cc2)cc1.